The minimum absolute atomic E-state index is 0.105. The Morgan fingerprint density at radius 2 is 2.00 bits per heavy atom. The Bertz CT molecular complexity index is 211. The predicted octanol–water partition coefficient (Wildman–Crippen LogP) is 0.997. The highest BCUT2D eigenvalue weighted by Crippen LogP contribution is 2.18. The lowest BCUT2D eigenvalue weighted by molar-refractivity contribution is -0.134. The van der Waals surface area contributed by atoms with E-state index in [-0.39, 0.29) is 6.04 Å². The van der Waals surface area contributed by atoms with Crippen LogP contribution in [-0.4, -0.2) is 36.5 Å². The van der Waals surface area contributed by atoms with Crippen molar-refractivity contribution in [1.29, 1.82) is 0 Å². The highest BCUT2D eigenvalue weighted by Gasteiger charge is 2.32. The summed E-state index contributed by atoms with van der Waals surface area (Å²) in [7, 11) is 0. The zero-order valence-corrected chi connectivity index (χ0v) is 8.96. The minimum atomic E-state index is 0.105. The molecule has 0 aliphatic carbocycles. The van der Waals surface area contributed by atoms with E-state index in [0.29, 0.717) is 11.8 Å². The summed E-state index contributed by atoms with van der Waals surface area (Å²) in [6.45, 7) is 5.13. The molecule has 2 fully saturated rings. The van der Waals surface area contributed by atoms with E-state index in [1.165, 1.54) is 19.3 Å². The van der Waals surface area contributed by atoms with Crippen LogP contribution in [0.15, 0.2) is 0 Å². The SMILES string of the molecule is CC1CCNC1C(=O)N1CCCCC1. The molecule has 0 saturated carbocycles. The summed E-state index contributed by atoms with van der Waals surface area (Å²) in [5.41, 5.74) is 0. The first-order chi connectivity index (χ1) is 6.79. The lowest BCUT2D eigenvalue weighted by Gasteiger charge is -2.30. The molecule has 2 rings (SSSR count). The fourth-order valence-corrected chi connectivity index (χ4v) is 2.48. The molecule has 80 valence electrons. The van der Waals surface area contributed by atoms with Crippen molar-refractivity contribution in [2.24, 2.45) is 5.92 Å². The number of rotatable bonds is 1. The highest BCUT2D eigenvalue weighted by molar-refractivity contribution is 5.82. The van der Waals surface area contributed by atoms with Crippen molar-refractivity contribution in [3.8, 4) is 0 Å². The third-order valence-electron chi connectivity index (χ3n) is 3.47. The molecular weight excluding hydrogens is 176 g/mol. The molecule has 1 N–H and O–H groups in total. The van der Waals surface area contributed by atoms with Crippen molar-refractivity contribution in [3.05, 3.63) is 0 Å². The maximum atomic E-state index is 12.1. The number of carbonyl (C=O) groups excluding carboxylic acids is 1. The standard InChI is InChI=1S/C11H20N2O/c1-9-5-6-12-10(9)11(14)13-7-3-2-4-8-13/h9-10,12H,2-8H2,1H3. The molecule has 0 aromatic rings. The van der Waals surface area contributed by atoms with Crippen LogP contribution in [0.4, 0.5) is 0 Å². The molecule has 0 spiro atoms. The van der Waals surface area contributed by atoms with Gasteiger partial charge in [0.05, 0.1) is 6.04 Å². The van der Waals surface area contributed by atoms with E-state index in [2.05, 4.69) is 12.2 Å². The number of hydrogen-bond donors (Lipinski definition) is 1. The van der Waals surface area contributed by atoms with Gasteiger partial charge in [0.25, 0.3) is 0 Å². The molecule has 1 amide bonds. The third kappa shape index (κ3) is 1.92. The minimum Gasteiger partial charge on any atom is -0.341 e. The van der Waals surface area contributed by atoms with Gasteiger partial charge in [-0.1, -0.05) is 6.92 Å². The van der Waals surface area contributed by atoms with Crippen LogP contribution in [0.25, 0.3) is 0 Å². The van der Waals surface area contributed by atoms with Crippen molar-refractivity contribution in [1.82, 2.24) is 10.2 Å². The Kier molecular flexibility index (Phi) is 3.06. The van der Waals surface area contributed by atoms with Crippen LogP contribution in [0.3, 0.4) is 0 Å². The van der Waals surface area contributed by atoms with Gasteiger partial charge in [-0.15, -0.1) is 0 Å². The van der Waals surface area contributed by atoms with Gasteiger partial charge in [0.2, 0.25) is 5.91 Å². The van der Waals surface area contributed by atoms with Crippen molar-refractivity contribution >= 4 is 5.91 Å². The van der Waals surface area contributed by atoms with Gasteiger partial charge in [-0.2, -0.15) is 0 Å². The normalized spacial score (nSPS) is 33.4. The number of carbonyl (C=O) groups is 1. The molecule has 0 bridgehead atoms. The van der Waals surface area contributed by atoms with Crippen LogP contribution < -0.4 is 5.32 Å². The van der Waals surface area contributed by atoms with Crippen LogP contribution >= 0.6 is 0 Å². The molecule has 14 heavy (non-hydrogen) atoms. The van der Waals surface area contributed by atoms with Gasteiger partial charge >= 0.3 is 0 Å². The first kappa shape index (κ1) is 9.97. The van der Waals surface area contributed by atoms with Crippen LogP contribution in [0, 0.1) is 5.92 Å². The van der Waals surface area contributed by atoms with Crippen molar-refractivity contribution in [3.63, 3.8) is 0 Å². The van der Waals surface area contributed by atoms with Crippen LogP contribution in [0.2, 0.25) is 0 Å². The van der Waals surface area contributed by atoms with Crippen LogP contribution in [0.1, 0.15) is 32.6 Å². The first-order valence-corrected chi connectivity index (χ1v) is 5.81. The molecule has 2 unspecified atom stereocenters. The summed E-state index contributed by atoms with van der Waals surface area (Å²) >= 11 is 0. The Labute approximate surface area is 85.8 Å². The van der Waals surface area contributed by atoms with Gasteiger partial charge in [0, 0.05) is 13.1 Å². The monoisotopic (exact) mass is 196 g/mol. The summed E-state index contributed by atoms with van der Waals surface area (Å²) in [4.78, 5) is 14.1. The third-order valence-corrected chi connectivity index (χ3v) is 3.47. The number of nitrogens with zero attached hydrogens (tertiary/aromatic N) is 1. The molecule has 2 atom stereocenters. The molecule has 2 aliphatic rings. The van der Waals surface area contributed by atoms with Crippen LogP contribution in [-0.2, 0) is 4.79 Å². The smallest absolute Gasteiger partial charge is 0.239 e. The largest absolute Gasteiger partial charge is 0.341 e. The van der Waals surface area contributed by atoms with Gasteiger partial charge in [-0.25, -0.2) is 0 Å². The Morgan fingerprint density at radius 3 is 2.57 bits per heavy atom. The number of nitrogens with one attached hydrogen (secondary N) is 1. The molecule has 0 radical (unpaired) electrons. The Hall–Kier alpha value is -0.570. The average Bonchev–Trinajstić information content (AvgIpc) is 2.65. The summed E-state index contributed by atoms with van der Waals surface area (Å²) in [6, 6.07) is 0.105. The molecule has 2 aliphatic heterocycles. The topological polar surface area (TPSA) is 32.3 Å². The summed E-state index contributed by atoms with van der Waals surface area (Å²) in [6.07, 6.45) is 4.81. The second-order valence-electron chi connectivity index (χ2n) is 4.58. The maximum Gasteiger partial charge on any atom is 0.239 e. The summed E-state index contributed by atoms with van der Waals surface area (Å²) in [5, 5.41) is 3.31. The number of likely N-dealkylation sites (tertiary alicyclic amines) is 1. The van der Waals surface area contributed by atoms with Gasteiger partial charge in [0.15, 0.2) is 0 Å². The van der Waals surface area contributed by atoms with E-state index >= 15 is 0 Å². The fraction of sp³-hybridized carbons (Fsp3) is 0.909. The van der Waals surface area contributed by atoms with Crippen molar-refractivity contribution in [2.45, 2.75) is 38.6 Å². The second-order valence-corrected chi connectivity index (χ2v) is 4.58. The fourth-order valence-electron chi connectivity index (χ4n) is 2.48. The van der Waals surface area contributed by atoms with E-state index in [4.69, 9.17) is 0 Å². The van der Waals surface area contributed by atoms with E-state index in [9.17, 15) is 4.79 Å². The van der Waals surface area contributed by atoms with E-state index in [0.717, 1.165) is 26.1 Å². The molecule has 2 saturated heterocycles. The maximum absolute atomic E-state index is 12.1. The molecule has 3 nitrogen and oxygen atoms in total. The average molecular weight is 196 g/mol. The molecule has 2 heterocycles. The number of piperidine rings is 1. The quantitative estimate of drug-likeness (QED) is 0.678. The van der Waals surface area contributed by atoms with Crippen LogP contribution in [0.5, 0.6) is 0 Å². The molecule has 0 aromatic heterocycles. The molecule has 3 heteroatoms. The lowest BCUT2D eigenvalue weighted by atomic mass is 10.0. The van der Waals surface area contributed by atoms with Gasteiger partial charge < -0.3 is 10.2 Å². The van der Waals surface area contributed by atoms with Gasteiger partial charge in [-0.05, 0) is 38.1 Å². The Balaban J connectivity index is 1.92. The first-order valence-electron chi connectivity index (χ1n) is 5.81. The highest BCUT2D eigenvalue weighted by atomic mass is 16.2. The zero-order valence-electron chi connectivity index (χ0n) is 8.96. The van der Waals surface area contributed by atoms with Gasteiger partial charge in [0.1, 0.15) is 0 Å². The lowest BCUT2D eigenvalue weighted by Crippen LogP contribution is -2.47. The van der Waals surface area contributed by atoms with E-state index in [1.807, 2.05) is 4.90 Å². The van der Waals surface area contributed by atoms with E-state index in [1.54, 1.807) is 0 Å². The number of hydrogen-bond acceptors (Lipinski definition) is 2. The summed E-state index contributed by atoms with van der Waals surface area (Å²) in [5.74, 6) is 0.860. The molecule has 0 aromatic carbocycles. The van der Waals surface area contributed by atoms with E-state index < -0.39 is 0 Å². The zero-order chi connectivity index (χ0) is 9.97. The van der Waals surface area contributed by atoms with Gasteiger partial charge in [-0.3, -0.25) is 4.79 Å². The second kappa shape index (κ2) is 4.30. The number of amides is 1. The van der Waals surface area contributed by atoms with Crippen molar-refractivity contribution in [2.75, 3.05) is 19.6 Å². The van der Waals surface area contributed by atoms with Crippen molar-refractivity contribution < 1.29 is 4.79 Å². The predicted molar refractivity (Wildman–Crippen MR) is 56.0 cm³/mol. The summed E-state index contributed by atoms with van der Waals surface area (Å²) < 4.78 is 0. The molecular formula is C11H20N2O. The Morgan fingerprint density at radius 1 is 1.29 bits per heavy atom.